The number of nitrogens with one attached hydrogen (secondary N) is 2. The lowest BCUT2D eigenvalue weighted by molar-refractivity contribution is 0.223. The first-order valence-electron chi connectivity index (χ1n) is 8.91. The molecule has 2 heterocycles. The van der Waals surface area contributed by atoms with Crippen molar-refractivity contribution in [3.05, 3.63) is 75.7 Å². The Hall–Kier alpha value is -3.36. The second kappa shape index (κ2) is 7.94. The van der Waals surface area contributed by atoms with Crippen molar-refractivity contribution in [1.29, 1.82) is 0 Å². The van der Waals surface area contributed by atoms with Crippen molar-refractivity contribution in [2.24, 2.45) is 0 Å². The van der Waals surface area contributed by atoms with Gasteiger partial charge in [0, 0.05) is 11.6 Å². The number of nitrogens with zero attached hydrogens (tertiary/aromatic N) is 3. The summed E-state index contributed by atoms with van der Waals surface area (Å²) in [5.41, 5.74) is 1.44. The van der Waals surface area contributed by atoms with Crippen molar-refractivity contribution in [3.63, 3.8) is 0 Å². The van der Waals surface area contributed by atoms with Crippen LogP contribution in [-0.4, -0.2) is 30.9 Å². The highest BCUT2D eigenvalue weighted by molar-refractivity contribution is 6.33. The fourth-order valence-electron chi connectivity index (χ4n) is 2.85. The number of aliphatic hydroxyl groups excluding tert-OH is 1. The van der Waals surface area contributed by atoms with E-state index < -0.39 is 6.23 Å². The van der Waals surface area contributed by atoms with Crippen molar-refractivity contribution in [1.82, 2.24) is 19.6 Å². The lowest BCUT2D eigenvalue weighted by Crippen LogP contribution is -2.17. The van der Waals surface area contributed by atoms with Gasteiger partial charge in [0.15, 0.2) is 5.82 Å². The molecule has 4 aromatic rings. The molecule has 0 saturated heterocycles. The lowest BCUT2D eigenvalue weighted by Gasteiger charge is -2.16. The molecule has 1 unspecified atom stereocenters. The van der Waals surface area contributed by atoms with Crippen LogP contribution >= 0.6 is 11.6 Å². The van der Waals surface area contributed by atoms with Crippen LogP contribution in [0.2, 0.25) is 5.02 Å². The average molecular weight is 412 g/mol. The molecule has 3 N–H and O–H groups in total. The van der Waals surface area contributed by atoms with Gasteiger partial charge in [0.1, 0.15) is 18.6 Å². The van der Waals surface area contributed by atoms with Crippen molar-refractivity contribution in [2.45, 2.75) is 19.8 Å². The van der Waals surface area contributed by atoms with E-state index in [2.05, 4.69) is 20.4 Å². The number of para-hydroxylation sites is 1. The van der Waals surface area contributed by atoms with E-state index in [1.54, 1.807) is 25.1 Å². The van der Waals surface area contributed by atoms with Crippen LogP contribution in [0.15, 0.2) is 59.4 Å². The van der Waals surface area contributed by atoms with E-state index in [0.717, 1.165) is 5.56 Å². The molecule has 29 heavy (non-hydrogen) atoms. The van der Waals surface area contributed by atoms with Gasteiger partial charge >= 0.3 is 0 Å². The highest BCUT2D eigenvalue weighted by Gasteiger charge is 2.13. The Kier molecular flexibility index (Phi) is 5.20. The summed E-state index contributed by atoms with van der Waals surface area (Å²) in [5, 5.41) is 15.8. The maximum absolute atomic E-state index is 12.5. The molecule has 0 aliphatic heterocycles. The Morgan fingerprint density at radius 1 is 1.21 bits per heavy atom. The minimum atomic E-state index is -0.808. The van der Waals surface area contributed by atoms with Gasteiger partial charge in [-0.2, -0.15) is 9.50 Å². The summed E-state index contributed by atoms with van der Waals surface area (Å²) in [5.74, 6) is 1.24. The normalized spacial score (nSPS) is 12.1. The van der Waals surface area contributed by atoms with Crippen LogP contribution in [0, 0.1) is 0 Å². The smallest absolute Gasteiger partial charge is 0.274 e. The minimum absolute atomic E-state index is 0.0358. The summed E-state index contributed by atoms with van der Waals surface area (Å²) >= 11 is 6.18. The molecule has 0 amide bonds. The number of aliphatic hydroxyl groups is 1. The first-order valence-corrected chi connectivity index (χ1v) is 9.29. The van der Waals surface area contributed by atoms with Crippen molar-refractivity contribution >= 4 is 23.1 Å². The predicted octanol–water partition coefficient (Wildman–Crippen LogP) is 3.07. The predicted molar refractivity (Wildman–Crippen MR) is 110 cm³/mol. The highest BCUT2D eigenvalue weighted by atomic mass is 35.5. The number of ether oxygens (including phenoxy) is 1. The molecule has 2 aromatic heterocycles. The van der Waals surface area contributed by atoms with E-state index in [-0.39, 0.29) is 17.9 Å². The standard InChI is InChI=1S/C20H18ClN5O3/c1-12(27)22-18-15(21)8-5-9-16(18)29-11-14-10-17(28)26-20(23-14)24-19(25-26)13-6-3-2-4-7-13/h2-10,12,22,27H,11H2,1H3,(H,23,24,25). The maximum atomic E-state index is 12.5. The van der Waals surface area contributed by atoms with Gasteiger partial charge in [-0.1, -0.05) is 48.0 Å². The van der Waals surface area contributed by atoms with Gasteiger partial charge in [-0.25, -0.2) is 4.98 Å². The Balaban J connectivity index is 1.61. The summed E-state index contributed by atoms with van der Waals surface area (Å²) in [4.78, 5) is 21.3. The Morgan fingerprint density at radius 3 is 2.76 bits per heavy atom. The Morgan fingerprint density at radius 2 is 2.00 bits per heavy atom. The third-order valence-electron chi connectivity index (χ3n) is 4.13. The van der Waals surface area contributed by atoms with E-state index in [9.17, 15) is 9.90 Å². The molecule has 4 rings (SSSR count). The molecule has 0 bridgehead atoms. The number of aromatic nitrogens is 4. The average Bonchev–Trinajstić information content (AvgIpc) is 3.14. The molecule has 2 aromatic carbocycles. The van der Waals surface area contributed by atoms with Crippen molar-refractivity contribution in [3.8, 4) is 17.1 Å². The lowest BCUT2D eigenvalue weighted by atomic mass is 10.2. The Bertz CT molecular complexity index is 1200. The fraction of sp³-hybridized carbons (Fsp3) is 0.150. The summed E-state index contributed by atoms with van der Waals surface area (Å²) < 4.78 is 7.08. The van der Waals surface area contributed by atoms with Gasteiger partial charge in [0.05, 0.1) is 16.4 Å². The van der Waals surface area contributed by atoms with E-state index in [4.69, 9.17) is 16.3 Å². The monoisotopic (exact) mass is 411 g/mol. The number of hydrogen-bond donors (Lipinski definition) is 3. The van der Waals surface area contributed by atoms with E-state index in [0.29, 0.717) is 28.0 Å². The molecule has 0 fully saturated rings. The Labute approximate surface area is 170 Å². The fourth-order valence-corrected chi connectivity index (χ4v) is 3.07. The molecule has 0 aliphatic rings. The van der Waals surface area contributed by atoms with E-state index in [1.165, 1.54) is 10.6 Å². The number of anilines is 1. The molecule has 148 valence electrons. The highest BCUT2D eigenvalue weighted by Crippen LogP contribution is 2.33. The molecule has 0 saturated carbocycles. The quantitative estimate of drug-likeness (QED) is 0.421. The van der Waals surface area contributed by atoms with Gasteiger partial charge in [0.2, 0.25) is 0 Å². The molecular formula is C20H18ClN5O3. The SMILES string of the molecule is CC(O)Nc1c(Cl)cccc1OCc1cc(=O)n2[nH]c(-c3ccccc3)nc2n1. The molecule has 0 radical (unpaired) electrons. The number of hydrogen-bond acceptors (Lipinski definition) is 6. The summed E-state index contributed by atoms with van der Waals surface area (Å²) in [7, 11) is 0. The topological polar surface area (TPSA) is 105 Å². The number of fused-ring (bicyclic) bond motifs is 1. The van der Waals surface area contributed by atoms with Crippen LogP contribution in [0.1, 0.15) is 12.6 Å². The molecule has 0 aliphatic carbocycles. The number of aromatic amines is 1. The molecule has 0 spiro atoms. The van der Waals surface area contributed by atoms with E-state index >= 15 is 0 Å². The van der Waals surface area contributed by atoms with Gasteiger partial charge in [-0.05, 0) is 19.1 Å². The number of benzene rings is 2. The summed E-state index contributed by atoms with van der Waals surface area (Å²) in [6.07, 6.45) is -0.808. The first kappa shape index (κ1) is 19.0. The zero-order valence-corrected chi connectivity index (χ0v) is 16.2. The summed E-state index contributed by atoms with van der Waals surface area (Å²) in [6, 6.07) is 16.0. The van der Waals surface area contributed by atoms with Crippen LogP contribution in [0.25, 0.3) is 17.2 Å². The minimum Gasteiger partial charge on any atom is -0.485 e. The molecule has 8 nitrogen and oxygen atoms in total. The largest absolute Gasteiger partial charge is 0.485 e. The van der Waals surface area contributed by atoms with Gasteiger partial charge < -0.3 is 15.2 Å². The first-order chi connectivity index (χ1) is 14.0. The van der Waals surface area contributed by atoms with Gasteiger partial charge in [0.25, 0.3) is 11.3 Å². The van der Waals surface area contributed by atoms with Crippen molar-refractivity contribution < 1.29 is 9.84 Å². The van der Waals surface area contributed by atoms with Crippen LogP contribution in [0.4, 0.5) is 5.69 Å². The van der Waals surface area contributed by atoms with Crippen LogP contribution < -0.4 is 15.6 Å². The van der Waals surface area contributed by atoms with Crippen LogP contribution in [0.3, 0.4) is 0 Å². The number of rotatable bonds is 6. The second-order valence-electron chi connectivity index (χ2n) is 6.38. The third-order valence-corrected chi connectivity index (χ3v) is 4.45. The van der Waals surface area contributed by atoms with Gasteiger partial charge in [-0.15, -0.1) is 0 Å². The van der Waals surface area contributed by atoms with E-state index in [1.807, 2.05) is 30.3 Å². The zero-order chi connectivity index (χ0) is 20.4. The maximum Gasteiger partial charge on any atom is 0.274 e. The third kappa shape index (κ3) is 4.08. The van der Waals surface area contributed by atoms with Gasteiger partial charge in [-0.3, -0.25) is 9.89 Å². The summed E-state index contributed by atoms with van der Waals surface area (Å²) in [6.45, 7) is 1.61. The molecular weight excluding hydrogens is 394 g/mol. The molecule has 9 heteroatoms. The van der Waals surface area contributed by atoms with Crippen LogP contribution in [0.5, 0.6) is 5.75 Å². The molecule has 1 atom stereocenters. The van der Waals surface area contributed by atoms with Crippen molar-refractivity contribution in [2.75, 3.05) is 5.32 Å². The number of halogens is 1. The van der Waals surface area contributed by atoms with Crippen LogP contribution in [-0.2, 0) is 6.61 Å². The second-order valence-corrected chi connectivity index (χ2v) is 6.79. The zero-order valence-electron chi connectivity index (χ0n) is 15.5. The number of H-pyrrole nitrogens is 1.